The Morgan fingerprint density at radius 2 is 1.92 bits per heavy atom. The first-order chi connectivity index (χ1) is 12.4. The second-order valence-electron chi connectivity index (χ2n) is 6.13. The number of rotatable bonds is 5. The number of carbonyl (C=O) groups excluding carboxylic acids is 1. The molecule has 1 N–H and O–H groups in total. The molecular weight excluding hydrogens is 391 g/mol. The molecule has 26 heavy (non-hydrogen) atoms. The van der Waals surface area contributed by atoms with Gasteiger partial charge in [-0.3, -0.25) is 4.79 Å². The molecule has 7 heteroatoms. The highest BCUT2D eigenvalue weighted by molar-refractivity contribution is 7.99. The zero-order valence-corrected chi connectivity index (χ0v) is 16.5. The summed E-state index contributed by atoms with van der Waals surface area (Å²) in [4.78, 5) is 12.7. The molecule has 136 valence electrons. The van der Waals surface area contributed by atoms with E-state index in [1.165, 1.54) is 16.8 Å². The van der Waals surface area contributed by atoms with Crippen molar-refractivity contribution in [3.63, 3.8) is 0 Å². The predicted octanol–water partition coefficient (Wildman–Crippen LogP) is 4.68. The van der Waals surface area contributed by atoms with Crippen LogP contribution in [-0.2, 0) is 16.3 Å². The first-order valence-corrected chi connectivity index (χ1v) is 9.98. The Morgan fingerprint density at radius 3 is 2.62 bits per heavy atom. The Morgan fingerprint density at radius 1 is 1.23 bits per heavy atom. The molecule has 0 saturated heterocycles. The zero-order chi connectivity index (χ0) is 18.7. The standard InChI is InChI=1S/C19H18Cl2N2O2S/c1-13-10-19(25,15-6-8-16(20)9-7-15)23(22-13)18(24)12-26-11-14-4-2-3-5-17(14)21/h2-9,25H,10-12H2,1H3. The smallest absolute Gasteiger partial charge is 0.255 e. The van der Waals surface area contributed by atoms with Gasteiger partial charge in [-0.05, 0) is 30.7 Å². The minimum Gasteiger partial charge on any atom is -0.365 e. The fourth-order valence-corrected chi connectivity index (χ4v) is 4.13. The number of thioether (sulfide) groups is 1. The second kappa shape index (κ2) is 8.01. The fourth-order valence-electron chi connectivity index (χ4n) is 2.85. The Bertz CT molecular complexity index is 842. The lowest BCUT2D eigenvalue weighted by Crippen LogP contribution is -2.44. The number of hydrogen-bond acceptors (Lipinski definition) is 4. The van der Waals surface area contributed by atoms with E-state index in [9.17, 15) is 9.90 Å². The van der Waals surface area contributed by atoms with Gasteiger partial charge in [-0.25, -0.2) is 0 Å². The number of hydrogen-bond donors (Lipinski definition) is 1. The SMILES string of the molecule is CC1=NN(C(=O)CSCc2ccccc2Cl)C(O)(c2ccc(Cl)cc2)C1. The first-order valence-electron chi connectivity index (χ1n) is 8.07. The quantitative estimate of drug-likeness (QED) is 0.780. The second-order valence-corrected chi connectivity index (χ2v) is 7.95. The van der Waals surface area contributed by atoms with Crippen molar-refractivity contribution >= 4 is 46.6 Å². The number of hydrazone groups is 1. The Kier molecular flexibility index (Phi) is 5.92. The van der Waals surface area contributed by atoms with E-state index in [0.717, 1.165) is 5.56 Å². The third-order valence-corrected chi connectivity index (χ3v) is 5.69. The number of amides is 1. The third-order valence-electron chi connectivity index (χ3n) is 4.11. The van der Waals surface area contributed by atoms with Crippen LogP contribution < -0.4 is 0 Å². The van der Waals surface area contributed by atoms with Gasteiger partial charge in [0, 0.05) is 33.5 Å². The summed E-state index contributed by atoms with van der Waals surface area (Å²) in [7, 11) is 0. The van der Waals surface area contributed by atoms with E-state index in [-0.39, 0.29) is 18.1 Å². The van der Waals surface area contributed by atoms with Gasteiger partial charge in [-0.15, -0.1) is 11.8 Å². The van der Waals surface area contributed by atoms with E-state index in [1.807, 2.05) is 24.3 Å². The molecule has 1 heterocycles. The maximum Gasteiger partial charge on any atom is 0.255 e. The van der Waals surface area contributed by atoms with Gasteiger partial charge < -0.3 is 5.11 Å². The molecule has 0 bridgehead atoms. The Balaban J connectivity index is 1.70. The molecule has 0 spiro atoms. The molecule has 0 radical (unpaired) electrons. The van der Waals surface area contributed by atoms with Crippen LogP contribution in [-0.4, -0.2) is 27.5 Å². The van der Waals surface area contributed by atoms with Crippen LogP contribution >= 0.6 is 35.0 Å². The van der Waals surface area contributed by atoms with Crippen molar-refractivity contribution < 1.29 is 9.90 Å². The number of halogens is 2. The Labute approximate surface area is 166 Å². The minimum absolute atomic E-state index is 0.192. The number of aliphatic hydroxyl groups is 1. The van der Waals surface area contributed by atoms with Crippen molar-refractivity contribution in [1.29, 1.82) is 0 Å². The topological polar surface area (TPSA) is 52.9 Å². The van der Waals surface area contributed by atoms with Crippen molar-refractivity contribution in [2.45, 2.75) is 24.8 Å². The van der Waals surface area contributed by atoms with Crippen molar-refractivity contribution in [2.75, 3.05) is 5.75 Å². The van der Waals surface area contributed by atoms with Crippen molar-refractivity contribution in [1.82, 2.24) is 5.01 Å². The van der Waals surface area contributed by atoms with Crippen LogP contribution in [0.4, 0.5) is 0 Å². The van der Waals surface area contributed by atoms with E-state index >= 15 is 0 Å². The van der Waals surface area contributed by atoms with Gasteiger partial charge in [-0.1, -0.05) is 53.5 Å². The number of nitrogens with zero attached hydrogens (tertiary/aromatic N) is 2. The van der Waals surface area contributed by atoms with Crippen LogP contribution in [0.25, 0.3) is 0 Å². The molecular formula is C19H18Cl2N2O2S. The summed E-state index contributed by atoms with van der Waals surface area (Å²) in [6, 6.07) is 14.4. The molecule has 0 aromatic heterocycles. The number of carbonyl (C=O) groups is 1. The summed E-state index contributed by atoms with van der Waals surface area (Å²) in [5.41, 5.74) is 0.788. The molecule has 0 fully saturated rings. The summed E-state index contributed by atoms with van der Waals surface area (Å²) < 4.78 is 0. The van der Waals surface area contributed by atoms with Gasteiger partial charge in [0.05, 0.1) is 5.75 Å². The molecule has 2 aromatic carbocycles. The van der Waals surface area contributed by atoms with Crippen LogP contribution in [0.1, 0.15) is 24.5 Å². The van der Waals surface area contributed by atoms with Gasteiger partial charge in [-0.2, -0.15) is 10.1 Å². The minimum atomic E-state index is -1.48. The van der Waals surface area contributed by atoms with Crippen molar-refractivity contribution in [3.8, 4) is 0 Å². The molecule has 0 saturated carbocycles. The largest absolute Gasteiger partial charge is 0.365 e. The maximum absolute atomic E-state index is 12.7. The lowest BCUT2D eigenvalue weighted by Gasteiger charge is -2.31. The molecule has 1 amide bonds. The van der Waals surface area contributed by atoms with E-state index in [4.69, 9.17) is 23.2 Å². The zero-order valence-electron chi connectivity index (χ0n) is 14.2. The highest BCUT2D eigenvalue weighted by atomic mass is 35.5. The first kappa shape index (κ1) is 19.2. The lowest BCUT2D eigenvalue weighted by molar-refractivity contribution is -0.154. The molecule has 4 nitrogen and oxygen atoms in total. The van der Waals surface area contributed by atoms with E-state index < -0.39 is 5.72 Å². The highest BCUT2D eigenvalue weighted by Crippen LogP contribution is 2.36. The molecule has 3 rings (SSSR count). The van der Waals surface area contributed by atoms with Crippen LogP contribution in [0.15, 0.2) is 53.6 Å². The summed E-state index contributed by atoms with van der Waals surface area (Å²) in [5.74, 6) is 0.551. The summed E-state index contributed by atoms with van der Waals surface area (Å²) in [5, 5.41) is 17.8. The monoisotopic (exact) mass is 408 g/mol. The van der Waals surface area contributed by atoms with Crippen LogP contribution in [0, 0.1) is 0 Å². The molecule has 2 aromatic rings. The predicted molar refractivity (Wildman–Crippen MR) is 108 cm³/mol. The lowest BCUT2D eigenvalue weighted by atomic mass is 9.98. The maximum atomic E-state index is 12.7. The normalized spacial score (nSPS) is 19.5. The highest BCUT2D eigenvalue weighted by Gasteiger charge is 2.44. The molecule has 1 aliphatic rings. The number of benzene rings is 2. The molecule has 0 aliphatic carbocycles. The van der Waals surface area contributed by atoms with Crippen molar-refractivity contribution in [2.24, 2.45) is 5.10 Å². The summed E-state index contributed by atoms with van der Waals surface area (Å²) in [6.45, 7) is 1.80. The average molecular weight is 409 g/mol. The van der Waals surface area contributed by atoms with E-state index in [0.29, 0.717) is 27.1 Å². The Hall–Kier alpha value is -1.53. The molecule has 1 unspecified atom stereocenters. The van der Waals surface area contributed by atoms with Crippen molar-refractivity contribution in [3.05, 3.63) is 69.7 Å². The van der Waals surface area contributed by atoms with Gasteiger partial charge in [0.25, 0.3) is 5.91 Å². The third kappa shape index (κ3) is 4.07. The van der Waals surface area contributed by atoms with E-state index in [2.05, 4.69) is 5.10 Å². The fraction of sp³-hybridized carbons (Fsp3) is 0.263. The van der Waals surface area contributed by atoms with Gasteiger partial charge >= 0.3 is 0 Å². The average Bonchev–Trinajstić information content (AvgIpc) is 2.93. The summed E-state index contributed by atoms with van der Waals surface area (Å²) >= 11 is 13.5. The summed E-state index contributed by atoms with van der Waals surface area (Å²) in [6.07, 6.45) is 0.273. The van der Waals surface area contributed by atoms with Crippen LogP contribution in [0.5, 0.6) is 0 Å². The van der Waals surface area contributed by atoms with Crippen LogP contribution in [0.3, 0.4) is 0 Å². The van der Waals surface area contributed by atoms with Gasteiger partial charge in [0.15, 0.2) is 5.72 Å². The van der Waals surface area contributed by atoms with Gasteiger partial charge in [0.2, 0.25) is 0 Å². The van der Waals surface area contributed by atoms with Crippen LogP contribution in [0.2, 0.25) is 10.0 Å². The van der Waals surface area contributed by atoms with E-state index in [1.54, 1.807) is 31.2 Å². The molecule has 1 atom stereocenters. The van der Waals surface area contributed by atoms with Gasteiger partial charge in [0.1, 0.15) is 0 Å². The molecule has 1 aliphatic heterocycles.